The van der Waals surface area contributed by atoms with E-state index >= 15 is 0 Å². The van der Waals surface area contributed by atoms with Crippen molar-refractivity contribution in [2.75, 3.05) is 11.0 Å². The lowest BCUT2D eigenvalue weighted by atomic mass is 9.93. The van der Waals surface area contributed by atoms with E-state index in [4.69, 9.17) is 0 Å². The zero-order chi connectivity index (χ0) is 15.7. The minimum Gasteiger partial charge on any atom is -0.278 e. The van der Waals surface area contributed by atoms with Gasteiger partial charge in [-0.25, -0.2) is 4.68 Å². The Hall–Kier alpha value is -1.67. The first kappa shape index (κ1) is 15.2. The summed E-state index contributed by atoms with van der Waals surface area (Å²) < 4.78 is 40.7. The Morgan fingerprint density at radius 3 is 2.73 bits per heavy atom. The highest BCUT2D eigenvalue weighted by atomic mass is 32.2. The summed E-state index contributed by atoms with van der Waals surface area (Å²) >= 11 is 0. The van der Waals surface area contributed by atoms with E-state index in [0.29, 0.717) is 10.6 Å². The van der Waals surface area contributed by atoms with Gasteiger partial charge in [-0.2, -0.15) is 13.5 Å². The Balaban J connectivity index is 1.89. The molecule has 1 aliphatic carbocycles. The SMILES string of the molecule is CS(=O)c1cccc(NS(=O)(=O)c2ccnn2C2CCC2)c1. The van der Waals surface area contributed by atoms with Crippen molar-refractivity contribution in [1.29, 1.82) is 0 Å². The lowest BCUT2D eigenvalue weighted by Gasteiger charge is -2.27. The van der Waals surface area contributed by atoms with Gasteiger partial charge >= 0.3 is 0 Å². The van der Waals surface area contributed by atoms with Crippen LogP contribution < -0.4 is 4.72 Å². The molecule has 118 valence electrons. The molecule has 1 N–H and O–H groups in total. The van der Waals surface area contributed by atoms with E-state index in [1.807, 2.05) is 0 Å². The molecule has 1 aromatic heterocycles. The van der Waals surface area contributed by atoms with Crippen molar-refractivity contribution in [2.24, 2.45) is 0 Å². The molecule has 1 fully saturated rings. The van der Waals surface area contributed by atoms with Crippen molar-refractivity contribution in [1.82, 2.24) is 9.78 Å². The Morgan fingerprint density at radius 1 is 1.32 bits per heavy atom. The molecule has 0 amide bonds. The normalized spacial score (nSPS) is 17.0. The molecule has 22 heavy (non-hydrogen) atoms. The van der Waals surface area contributed by atoms with Crippen LogP contribution in [0.2, 0.25) is 0 Å². The van der Waals surface area contributed by atoms with Crippen molar-refractivity contribution in [3.63, 3.8) is 0 Å². The zero-order valence-electron chi connectivity index (χ0n) is 12.1. The van der Waals surface area contributed by atoms with Gasteiger partial charge in [0.05, 0.1) is 17.9 Å². The summed E-state index contributed by atoms with van der Waals surface area (Å²) in [5.41, 5.74) is 0.397. The molecule has 1 saturated carbocycles. The predicted molar refractivity (Wildman–Crippen MR) is 84.7 cm³/mol. The number of sulfonamides is 1. The monoisotopic (exact) mass is 339 g/mol. The third kappa shape index (κ3) is 2.93. The fraction of sp³-hybridized carbons (Fsp3) is 0.357. The first-order valence-electron chi connectivity index (χ1n) is 6.97. The van der Waals surface area contributed by atoms with Crippen LogP contribution in [0.1, 0.15) is 25.3 Å². The van der Waals surface area contributed by atoms with Crippen molar-refractivity contribution in [3.05, 3.63) is 36.5 Å². The van der Waals surface area contributed by atoms with Gasteiger partial charge in [-0.1, -0.05) is 6.07 Å². The third-order valence-electron chi connectivity index (χ3n) is 3.75. The third-order valence-corrected chi connectivity index (χ3v) is 6.04. The number of benzene rings is 1. The maximum Gasteiger partial charge on any atom is 0.279 e. The number of hydrogen-bond donors (Lipinski definition) is 1. The second-order valence-corrected chi connectivity index (χ2v) is 8.30. The van der Waals surface area contributed by atoms with E-state index in [0.717, 1.165) is 19.3 Å². The summed E-state index contributed by atoms with van der Waals surface area (Å²) in [4.78, 5) is 0.577. The average Bonchev–Trinajstić information content (AvgIpc) is 2.86. The highest BCUT2D eigenvalue weighted by molar-refractivity contribution is 7.92. The van der Waals surface area contributed by atoms with E-state index in [1.54, 1.807) is 35.2 Å². The van der Waals surface area contributed by atoms with E-state index < -0.39 is 20.8 Å². The van der Waals surface area contributed by atoms with E-state index in [1.165, 1.54) is 12.3 Å². The molecular weight excluding hydrogens is 322 g/mol. The fourth-order valence-corrected chi connectivity index (χ4v) is 4.15. The van der Waals surface area contributed by atoms with Crippen molar-refractivity contribution >= 4 is 26.5 Å². The van der Waals surface area contributed by atoms with Crippen LogP contribution in [0.4, 0.5) is 5.69 Å². The lowest BCUT2D eigenvalue weighted by Crippen LogP contribution is -2.24. The molecule has 0 radical (unpaired) electrons. The van der Waals surface area contributed by atoms with E-state index in [-0.39, 0.29) is 11.1 Å². The van der Waals surface area contributed by atoms with Crippen LogP contribution in [0.5, 0.6) is 0 Å². The summed E-state index contributed by atoms with van der Waals surface area (Å²) in [6, 6.07) is 8.26. The summed E-state index contributed by atoms with van der Waals surface area (Å²) in [6.45, 7) is 0. The zero-order valence-corrected chi connectivity index (χ0v) is 13.7. The molecule has 6 nitrogen and oxygen atoms in total. The van der Waals surface area contributed by atoms with Crippen molar-refractivity contribution in [2.45, 2.75) is 35.2 Å². The Labute approximate surface area is 132 Å². The van der Waals surface area contributed by atoms with Gasteiger partial charge in [-0.15, -0.1) is 0 Å². The summed E-state index contributed by atoms with van der Waals surface area (Å²) in [6.07, 6.45) is 6.06. The standard InChI is InChI=1S/C14H17N3O3S2/c1-21(18)13-7-2-4-11(10-13)16-22(19,20)14-8-9-15-17(14)12-5-3-6-12/h2,4,7-10,12,16H,3,5-6H2,1H3. The number of nitrogens with zero attached hydrogens (tertiary/aromatic N) is 2. The van der Waals surface area contributed by atoms with Crippen LogP contribution in [-0.4, -0.2) is 28.7 Å². The molecule has 2 aromatic rings. The van der Waals surface area contributed by atoms with Gasteiger partial charge in [-0.05, 0) is 43.5 Å². The minimum atomic E-state index is -3.71. The summed E-state index contributed by atoms with van der Waals surface area (Å²) in [5.74, 6) is 0. The molecule has 1 aliphatic rings. The van der Waals surface area contributed by atoms with Gasteiger partial charge in [0, 0.05) is 22.0 Å². The highest BCUT2D eigenvalue weighted by Gasteiger charge is 2.27. The molecule has 3 rings (SSSR count). The van der Waals surface area contributed by atoms with Crippen molar-refractivity contribution < 1.29 is 12.6 Å². The van der Waals surface area contributed by atoms with Crippen LogP contribution in [0.25, 0.3) is 0 Å². The van der Waals surface area contributed by atoms with Gasteiger partial charge in [0.15, 0.2) is 5.03 Å². The second kappa shape index (κ2) is 5.85. The lowest BCUT2D eigenvalue weighted by molar-refractivity contribution is 0.271. The molecule has 1 heterocycles. The molecule has 0 aliphatic heterocycles. The average molecular weight is 339 g/mol. The van der Waals surface area contributed by atoms with Crippen LogP contribution >= 0.6 is 0 Å². The maximum atomic E-state index is 12.6. The van der Waals surface area contributed by atoms with Gasteiger partial charge < -0.3 is 0 Å². The second-order valence-electron chi connectivity index (χ2n) is 5.29. The van der Waals surface area contributed by atoms with E-state index in [2.05, 4.69) is 9.82 Å². The Kier molecular flexibility index (Phi) is 4.05. The highest BCUT2D eigenvalue weighted by Crippen LogP contribution is 2.33. The fourth-order valence-electron chi connectivity index (χ4n) is 2.37. The minimum absolute atomic E-state index is 0.163. The molecule has 1 aromatic carbocycles. The summed E-state index contributed by atoms with van der Waals surface area (Å²) in [5, 5.41) is 4.31. The predicted octanol–water partition coefficient (Wildman–Crippen LogP) is 2.15. The Morgan fingerprint density at radius 2 is 2.09 bits per heavy atom. The van der Waals surface area contributed by atoms with Gasteiger partial charge in [0.2, 0.25) is 0 Å². The number of aromatic nitrogens is 2. The molecule has 8 heteroatoms. The number of hydrogen-bond acceptors (Lipinski definition) is 4. The quantitative estimate of drug-likeness (QED) is 0.905. The number of nitrogens with one attached hydrogen (secondary N) is 1. The first-order valence-corrected chi connectivity index (χ1v) is 10.0. The van der Waals surface area contributed by atoms with Gasteiger partial charge in [0.25, 0.3) is 10.0 Å². The van der Waals surface area contributed by atoms with Gasteiger partial charge in [0.1, 0.15) is 0 Å². The van der Waals surface area contributed by atoms with Gasteiger partial charge in [-0.3, -0.25) is 8.93 Å². The Bertz CT molecular complexity index is 810. The molecule has 0 bridgehead atoms. The first-order chi connectivity index (χ1) is 10.5. The number of anilines is 1. The maximum absolute atomic E-state index is 12.6. The molecule has 0 saturated heterocycles. The topological polar surface area (TPSA) is 81.1 Å². The molecule has 0 spiro atoms. The molecule has 1 unspecified atom stereocenters. The number of rotatable bonds is 5. The van der Waals surface area contributed by atoms with Crippen LogP contribution in [-0.2, 0) is 20.8 Å². The van der Waals surface area contributed by atoms with E-state index in [9.17, 15) is 12.6 Å². The molecule has 1 atom stereocenters. The van der Waals surface area contributed by atoms with Crippen molar-refractivity contribution in [3.8, 4) is 0 Å². The summed E-state index contributed by atoms with van der Waals surface area (Å²) in [7, 11) is -4.87. The smallest absolute Gasteiger partial charge is 0.278 e. The van der Waals surface area contributed by atoms with Crippen LogP contribution in [0, 0.1) is 0 Å². The largest absolute Gasteiger partial charge is 0.279 e. The van der Waals surface area contributed by atoms with Crippen LogP contribution in [0.15, 0.2) is 46.5 Å². The van der Waals surface area contributed by atoms with Crippen LogP contribution in [0.3, 0.4) is 0 Å². The molecular formula is C14H17N3O3S2.